The van der Waals surface area contributed by atoms with Gasteiger partial charge in [0.2, 0.25) is 11.8 Å². The number of anilines is 1. The third-order valence-electron chi connectivity index (χ3n) is 5.71. The molecule has 0 radical (unpaired) electrons. The zero-order valence-electron chi connectivity index (χ0n) is 18.6. The van der Waals surface area contributed by atoms with Crippen LogP contribution in [0.4, 0.5) is 10.1 Å². The first-order chi connectivity index (χ1) is 15.7. The molecule has 2 aromatic carbocycles. The van der Waals surface area contributed by atoms with E-state index in [4.69, 9.17) is 0 Å². The van der Waals surface area contributed by atoms with Crippen molar-refractivity contribution in [3.05, 3.63) is 71.3 Å². The van der Waals surface area contributed by atoms with Crippen molar-refractivity contribution in [2.24, 2.45) is 0 Å². The molecule has 0 spiro atoms. The number of aromatic nitrogens is 2. The standard InChI is InChI=1S/C24H24FN5O3/c1-14-8-16-11-27-30(13-23(32)29(2)3)21(16)10-20(14)28-24(33)19-12-26-22(31)9-18(19)15-4-6-17(25)7-5-15/h4-8,10-12,18H,9,13H2,1-3H3,(H,26,31)(H,28,33)/t18-/m0/s1. The minimum Gasteiger partial charge on any atom is -0.347 e. The number of fused-ring (bicyclic) bond motifs is 1. The normalized spacial score (nSPS) is 15.7. The summed E-state index contributed by atoms with van der Waals surface area (Å²) in [5.41, 5.74) is 3.17. The maximum absolute atomic E-state index is 13.4. The van der Waals surface area contributed by atoms with Crippen LogP contribution < -0.4 is 10.6 Å². The smallest absolute Gasteiger partial charge is 0.253 e. The summed E-state index contributed by atoms with van der Waals surface area (Å²) in [4.78, 5) is 38.8. The van der Waals surface area contributed by atoms with E-state index >= 15 is 0 Å². The molecule has 1 aromatic heterocycles. The van der Waals surface area contributed by atoms with E-state index in [0.29, 0.717) is 22.3 Å². The second-order valence-electron chi connectivity index (χ2n) is 8.25. The van der Waals surface area contributed by atoms with Gasteiger partial charge < -0.3 is 15.5 Å². The summed E-state index contributed by atoms with van der Waals surface area (Å²) in [5.74, 6) is -1.57. The van der Waals surface area contributed by atoms with Gasteiger partial charge in [-0.1, -0.05) is 12.1 Å². The summed E-state index contributed by atoms with van der Waals surface area (Å²) in [6.45, 7) is 1.95. The minimum atomic E-state index is -0.494. The van der Waals surface area contributed by atoms with E-state index in [1.807, 2.05) is 13.0 Å². The first-order valence-corrected chi connectivity index (χ1v) is 10.5. The van der Waals surface area contributed by atoms with Gasteiger partial charge in [0.15, 0.2) is 0 Å². The van der Waals surface area contributed by atoms with Crippen molar-refractivity contribution in [1.29, 1.82) is 0 Å². The molecule has 0 unspecified atom stereocenters. The largest absolute Gasteiger partial charge is 0.347 e. The lowest BCUT2D eigenvalue weighted by molar-refractivity contribution is -0.129. The van der Waals surface area contributed by atoms with Gasteiger partial charge in [-0.2, -0.15) is 5.10 Å². The van der Waals surface area contributed by atoms with Gasteiger partial charge >= 0.3 is 0 Å². The summed E-state index contributed by atoms with van der Waals surface area (Å²) in [6.07, 6.45) is 3.17. The highest BCUT2D eigenvalue weighted by Gasteiger charge is 2.29. The van der Waals surface area contributed by atoms with Gasteiger partial charge in [-0.25, -0.2) is 4.39 Å². The minimum absolute atomic E-state index is 0.0801. The van der Waals surface area contributed by atoms with Crippen molar-refractivity contribution in [3.63, 3.8) is 0 Å². The maximum atomic E-state index is 13.4. The fourth-order valence-corrected chi connectivity index (χ4v) is 3.79. The predicted octanol–water partition coefficient (Wildman–Crippen LogP) is 2.70. The number of aryl methyl sites for hydroxylation is 1. The number of rotatable bonds is 5. The molecule has 4 rings (SSSR count). The maximum Gasteiger partial charge on any atom is 0.253 e. The zero-order valence-corrected chi connectivity index (χ0v) is 18.6. The molecule has 1 aliphatic rings. The highest BCUT2D eigenvalue weighted by atomic mass is 19.1. The Labute approximate surface area is 190 Å². The Morgan fingerprint density at radius 2 is 1.97 bits per heavy atom. The number of amides is 3. The van der Waals surface area contributed by atoms with Crippen molar-refractivity contribution in [3.8, 4) is 0 Å². The van der Waals surface area contributed by atoms with Crippen molar-refractivity contribution < 1.29 is 18.8 Å². The molecule has 0 aliphatic carbocycles. The summed E-state index contributed by atoms with van der Waals surface area (Å²) in [6, 6.07) is 9.46. The molecule has 0 saturated carbocycles. The number of hydrogen-bond acceptors (Lipinski definition) is 4. The fraction of sp³-hybridized carbons (Fsp3) is 0.250. The third-order valence-corrected chi connectivity index (χ3v) is 5.71. The first kappa shape index (κ1) is 22.2. The van der Waals surface area contributed by atoms with Crippen molar-refractivity contribution in [2.45, 2.75) is 25.8 Å². The molecule has 3 aromatic rings. The Kier molecular flexibility index (Phi) is 5.95. The molecule has 33 heavy (non-hydrogen) atoms. The number of halogens is 1. The van der Waals surface area contributed by atoms with Crippen LogP contribution in [0.1, 0.15) is 23.5 Å². The SMILES string of the molecule is Cc1cc2cnn(CC(=O)N(C)C)c2cc1NC(=O)C1=CNC(=O)C[C@H]1c1ccc(F)cc1. The molecule has 3 amide bonds. The summed E-state index contributed by atoms with van der Waals surface area (Å²) >= 11 is 0. The monoisotopic (exact) mass is 449 g/mol. The average molecular weight is 449 g/mol. The number of benzene rings is 2. The lowest BCUT2D eigenvalue weighted by Gasteiger charge is -2.24. The van der Waals surface area contributed by atoms with Gasteiger partial charge in [0.1, 0.15) is 12.4 Å². The number of likely N-dealkylation sites (N-methyl/N-ethyl adjacent to an activating group) is 1. The molecular weight excluding hydrogens is 425 g/mol. The topological polar surface area (TPSA) is 96.3 Å². The van der Waals surface area contributed by atoms with Crippen LogP contribution in [0, 0.1) is 12.7 Å². The van der Waals surface area contributed by atoms with Gasteiger partial charge in [0, 0.05) is 49.3 Å². The van der Waals surface area contributed by atoms with Gasteiger partial charge in [0.25, 0.3) is 5.91 Å². The molecule has 8 nitrogen and oxygen atoms in total. The molecule has 9 heteroatoms. The molecule has 0 fully saturated rings. The van der Waals surface area contributed by atoms with E-state index in [0.717, 1.165) is 10.9 Å². The van der Waals surface area contributed by atoms with E-state index in [-0.39, 0.29) is 36.5 Å². The second-order valence-corrected chi connectivity index (χ2v) is 8.25. The van der Waals surface area contributed by atoms with Crippen LogP contribution in [-0.4, -0.2) is 46.5 Å². The van der Waals surface area contributed by atoms with Crippen LogP contribution in [0.3, 0.4) is 0 Å². The summed E-state index contributed by atoms with van der Waals surface area (Å²) in [7, 11) is 3.36. The van der Waals surface area contributed by atoms with Crippen molar-refractivity contribution >= 4 is 34.3 Å². The molecule has 1 aliphatic heterocycles. The lowest BCUT2D eigenvalue weighted by atomic mass is 9.86. The van der Waals surface area contributed by atoms with E-state index in [2.05, 4.69) is 15.7 Å². The number of hydrogen-bond donors (Lipinski definition) is 2. The summed E-state index contributed by atoms with van der Waals surface area (Å²) in [5, 5.41) is 10.7. The number of carbonyl (C=O) groups excluding carboxylic acids is 3. The molecule has 0 saturated heterocycles. The van der Waals surface area contributed by atoms with Crippen LogP contribution in [0.25, 0.3) is 10.9 Å². The average Bonchev–Trinajstić information content (AvgIpc) is 3.15. The Morgan fingerprint density at radius 1 is 1.24 bits per heavy atom. The van der Waals surface area contributed by atoms with Gasteiger partial charge in [-0.3, -0.25) is 19.1 Å². The van der Waals surface area contributed by atoms with Crippen LogP contribution in [0.2, 0.25) is 0 Å². The van der Waals surface area contributed by atoms with Crippen molar-refractivity contribution in [2.75, 3.05) is 19.4 Å². The van der Waals surface area contributed by atoms with Gasteiger partial charge in [0.05, 0.1) is 11.7 Å². The Morgan fingerprint density at radius 3 is 2.67 bits per heavy atom. The Balaban J connectivity index is 1.63. The predicted molar refractivity (Wildman–Crippen MR) is 122 cm³/mol. The molecule has 2 heterocycles. The van der Waals surface area contributed by atoms with E-state index < -0.39 is 5.92 Å². The first-order valence-electron chi connectivity index (χ1n) is 10.5. The van der Waals surface area contributed by atoms with Gasteiger partial charge in [-0.05, 0) is 42.3 Å². The van der Waals surface area contributed by atoms with Crippen molar-refractivity contribution in [1.82, 2.24) is 20.0 Å². The molecule has 170 valence electrons. The molecule has 1 atom stereocenters. The quantitative estimate of drug-likeness (QED) is 0.626. The second kappa shape index (κ2) is 8.85. The highest BCUT2D eigenvalue weighted by Crippen LogP contribution is 2.32. The number of nitrogens with one attached hydrogen (secondary N) is 2. The number of nitrogens with zero attached hydrogens (tertiary/aromatic N) is 3. The number of carbonyl (C=O) groups is 3. The lowest BCUT2D eigenvalue weighted by Crippen LogP contribution is -2.32. The Bertz CT molecular complexity index is 1280. The molecule has 0 bridgehead atoms. The fourth-order valence-electron chi connectivity index (χ4n) is 3.79. The van der Waals surface area contributed by atoms with Crippen LogP contribution in [0.15, 0.2) is 54.4 Å². The molecule has 2 N–H and O–H groups in total. The van der Waals surface area contributed by atoms with Gasteiger partial charge in [-0.15, -0.1) is 0 Å². The highest BCUT2D eigenvalue weighted by molar-refractivity contribution is 6.07. The molecular formula is C24H24FN5O3. The summed E-state index contributed by atoms with van der Waals surface area (Å²) < 4.78 is 15.0. The Hall–Kier alpha value is -4.01. The van der Waals surface area contributed by atoms with E-state index in [1.165, 1.54) is 23.2 Å². The van der Waals surface area contributed by atoms with E-state index in [9.17, 15) is 18.8 Å². The third kappa shape index (κ3) is 4.62. The van der Waals surface area contributed by atoms with E-state index in [1.54, 1.807) is 43.2 Å². The zero-order chi connectivity index (χ0) is 23.7. The van der Waals surface area contributed by atoms with Crippen LogP contribution in [0.5, 0.6) is 0 Å². The van der Waals surface area contributed by atoms with Crippen LogP contribution in [-0.2, 0) is 20.9 Å². The van der Waals surface area contributed by atoms with Crippen LogP contribution >= 0.6 is 0 Å².